The largest absolute Gasteiger partial charge is 0.446 e. The molecular weight excluding hydrogens is 422 g/mol. The minimum Gasteiger partial charge on any atom is -0.396 e. The summed E-state index contributed by atoms with van der Waals surface area (Å²) in [7, 11) is -15.2. The van der Waals surface area contributed by atoms with E-state index in [1.807, 2.05) is 0 Å². The van der Waals surface area contributed by atoms with Gasteiger partial charge in [0.25, 0.3) is 0 Å². The van der Waals surface area contributed by atoms with Gasteiger partial charge in [0.05, 0.1) is 5.69 Å². The second-order valence-corrected chi connectivity index (χ2v) is 7.60. The van der Waals surface area contributed by atoms with Gasteiger partial charge in [-0.15, -0.1) is 0 Å². The fourth-order valence-electron chi connectivity index (χ4n) is 1.92. The minimum absolute atomic E-state index is 0.238. The fraction of sp³-hybridized carbons (Fsp3) is 0. The second-order valence-electron chi connectivity index (χ2n) is 4.53. The summed E-state index contributed by atoms with van der Waals surface area (Å²) < 4.78 is 105. The lowest BCUT2D eigenvalue weighted by Gasteiger charge is -2.13. The zero-order valence-corrected chi connectivity index (χ0v) is 14.6. The summed E-state index contributed by atoms with van der Waals surface area (Å²) in [5.74, 6) is -2.22. The third-order valence-electron chi connectivity index (χ3n) is 2.64. The van der Waals surface area contributed by atoms with E-state index in [1.165, 1.54) is 0 Å². The van der Waals surface area contributed by atoms with E-state index in [9.17, 15) is 25.3 Å². The molecule has 0 radical (unpaired) electrons. The molecule has 2 rings (SSSR count). The van der Waals surface area contributed by atoms with Gasteiger partial charge in [-0.3, -0.25) is 13.7 Å². The van der Waals surface area contributed by atoms with Crippen molar-refractivity contribution >= 4 is 47.7 Å². The molecule has 26 heavy (non-hydrogen) atoms. The quantitative estimate of drug-likeness (QED) is 0.349. The van der Waals surface area contributed by atoms with Crippen LogP contribution in [0.4, 0.5) is 5.69 Å². The number of rotatable bonds is 6. The first-order chi connectivity index (χ1) is 11.6. The highest BCUT2D eigenvalue weighted by Crippen LogP contribution is 2.40. The summed E-state index contributed by atoms with van der Waals surface area (Å²) in [6.07, 6.45) is 0. The van der Waals surface area contributed by atoms with Gasteiger partial charge in [-0.1, -0.05) is 0 Å². The molecule has 0 heterocycles. The van der Waals surface area contributed by atoms with Crippen molar-refractivity contribution in [3.8, 4) is 17.2 Å². The summed E-state index contributed by atoms with van der Waals surface area (Å²) in [6.45, 7) is 0. The number of nitrogen functional groups attached to an aromatic ring is 1. The van der Waals surface area contributed by atoms with Gasteiger partial charge >= 0.3 is 31.2 Å². The van der Waals surface area contributed by atoms with Crippen LogP contribution < -0.4 is 18.3 Å². The van der Waals surface area contributed by atoms with E-state index in [0.29, 0.717) is 6.07 Å². The van der Waals surface area contributed by atoms with Gasteiger partial charge in [0.15, 0.2) is 11.5 Å². The van der Waals surface area contributed by atoms with E-state index >= 15 is 0 Å². The Bertz CT molecular complexity index is 1180. The Labute approximate surface area is 146 Å². The van der Waals surface area contributed by atoms with Crippen LogP contribution in [-0.4, -0.2) is 38.9 Å². The normalized spacial score (nSPS) is 12.7. The highest BCUT2D eigenvalue weighted by Gasteiger charge is 2.21. The Balaban J connectivity index is 2.86. The fourth-order valence-corrected chi connectivity index (χ4v) is 3.02. The van der Waals surface area contributed by atoms with Crippen molar-refractivity contribution in [2.24, 2.45) is 0 Å². The van der Waals surface area contributed by atoms with E-state index in [4.69, 9.17) is 19.4 Å². The Kier molecular flexibility index (Phi) is 4.92. The summed E-state index contributed by atoms with van der Waals surface area (Å²) in [5, 5.41) is -0.638. The predicted molar refractivity (Wildman–Crippen MR) is 84.9 cm³/mol. The van der Waals surface area contributed by atoms with Crippen molar-refractivity contribution in [1.82, 2.24) is 0 Å². The number of fused-ring (bicyclic) bond motifs is 1. The maximum absolute atomic E-state index is 11.0. The van der Waals surface area contributed by atoms with E-state index in [2.05, 4.69) is 12.5 Å². The molecule has 0 bridgehead atoms. The standard InChI is InChI=1S/C10H9NO12S3/c11-8-2-1-6-7(10(8)23-26(18,19)20)3-5(21-24(12,13)14)4-9(6)22-25(15,16)17/h1-4H,11H2,(H,12,13,14)(H,15,16,17)(H,18,19,20). The molecule has 2 aromatic rings. The predicted octanol–water partition coefficient (Wildman–Crippen LogP) is -0.0332. The lowest BCUT2D eigenvalue weighted by molar-refractivity contribution is 0.380. The summed E-state index contributed by atoms with van der Waals surface area (Å²) in [5.41, 5.74) is 5.17. The maximum Gasteiger partial charge on any atom is 0.446 e. The van der Waals surface area contributed by atoms with Gasteiger partial charge < -0.3 is 18.3 Å². The van der Waals surface area contributed by atoms with Crippen molar-refractivity contribution in [3.05, 3.63) is 24.3 Å². The zero-order chi connectivity index (χ0) is 19.9. The van der Waals surface area contributed by atoms with Crippen molar-refractivity contribution in [1.29, 1.82) is 0 Å². The van der Waals surface area contributed by atoms with Crippen molar-refractivity contribution in [3.63, 3.8) is 0 Å². The molecule has 0 saturated carbocycles. The molecule has 5 N–H and O–H groups in total. The van der Waals surface area contributed by atoms with Crippen LogP contribution in [-0.2, 0) is 31.2 Å². The van der Waals surface area contributed by atoms with Crippen LogP contribution in [0.25, 0.3) is 10.8 Å². The molecule has 0 unspecified atom stereocenters. The van der Waals surface area contributed by atoms with Gasteiger partial charge in [-0.05, 0) is 18.2 Å². The molecule has 0 saturated heterocycles. The molecule has 0 aliphatic rings. The Morgan fingerprint density at radius 2 is 1.27 bits per heavy atom. The first kappa shape index (κ1) is 19.9. The molecule has 0 spiro atoms. The van der Waals surface area contributed by atoms with E-state index in [1.54, 1.807) is 0 Å². The molecule has 0 aliphatic heterocycles. The van der Waals surface area contributed by atoms with Gasteiger partial charge in [0.2, 0.25) is 0 Å². The maximum atomic E-state index is 11.0. The zero-order valence-electron chi connectivity index (χ0n) is 12.1. The molecular formula is C10H9NO12S3. The van der Waals surface area contributed by atoms with Crippen LogP contribution in [0.1, 0.15) is 0 Å². The van der Waals surface area contributed by atoms with E-state index < -0.39 is 53.8 Å². The number of benzene rings is 2. The molecule has 144 valence electrons. The third kappa shape index (κ3) is 5.31. The molecule has 13 nitrogen and oxygen atoms in total. The third-order valence-corrected chi connectivity index (χ3v) is 3.81. The van der Waals surface area contributed by atoms with E-state index in [0.717, 1.165) is 18.2 Å². The Morgan fingerprint density at radius 3 is 1.77 bits per heavy atom. The molecule has 16 heteroatoms. The average molecular weight is 431 g/mol. The topological polar surface area (TPSA) is 217 Å². The summed E-state index contributed by atoms with van der Waals surface area (Å²) in [4.78, 5) is 0. The Hall–Kier alpha value is -2.37. The molecule has 0 aliphatic carbocycles. The highest BCUT2D eigenvalue weighted by atomic mass is 32.3. The average Bonchev–Trinajstić information content (AvgIpc) is 2.37. The number of anilines is 1. The molecule has 0 fully saturated rings. The first-order valence-electron chi connectivity index (χ1n) is 6.01. The monoisotopic (exact) mass is 431 g/mol. The minimum atomic E-state index is -5.09. The molecule has 0 aromatic heterocycles. The highest BCUT2D eigenvalue weighted by molar-refractivity contribution is 7.81. The smallest absolute Gasteiger partial charge is 0.396 e. The van der Waals surface area contributed by atoms with Gasteiger partial charge in [0.1, 0.15) is 5.75 Å². The van der Waals surface area contributed by atoms with Crippen molar-refractivity contribution < 1.29 is 51.5 Å². The van der Waals surface area contributed by atoms with E-state index in [-0.39, 0.29) is 11.1 Å². The SMILES string of the molecule is Nc1ccc2c(OS(=O)(=O)O)cc(OS(=O)(=O)O)cc2c1OS(=O)(=O)O. The Morgan fingerprint density at radius 1 is 0.731 bits per heavy atom. The van der Waals surface area contributed by atoms with Crippen molar-refractivity contribution in [2.75, 3.05) is 5.73 Å². The van der Waals surface area contributed by atoms with Crippen LogP contribution >= 0.6 is 0 Å². The van der Waals surface area contributed by atoms with Gasteiger partial charge in [-0.2, -0.15) is 25.3 Å². The van der Waals surface area contributed by atoms with Crippen LogP contribution in [0.3, 0.4) is 0 Å². The lowest BCUT2D eigenvalue weighted by Crippen LogP contribution is -2.11. The number of nitrogens with two attached hydrogens (primary N) is 1. The summed E-state index contributed by atoms with van der Waals surface area (Å²) in [6, 6.07) is 3.59. The molecule has 2 aromatic carbocycles. The lowest BCUT2D eigenvalue weighted by atomic mass is 10.1. The van der Waals surface area contributed by atoms with Crippen LogP contribution in [0.5, 0.6) is 17.2 Å². The van der Waals surface area contributed by atoms with Crippen LogP contribution in [0, 0.1) is 0 Å². The molecule has 0 atom stereocenters. The summed E-state index contributed by atoms with van der Waals surface area (Å²) >= 11 is 0. The van der Waals surface area contributed by atoms with Crippen molar-refractivity contribution in [2.45, 2.75) is 0 Å². The molecule has 0 amide bonds. The first-order valence-corrected chi connectivity index (χ1v) is 10.1. The number of hydrogen-bond acceptors (Lipinski definition) is 10. The number of hydrogen-bond donors (Lipinski definition) is 4. The van der Waals surface area contributed by atoms with Crippen LogP contribution in [0.15, 0.2) is 24.3 Å². The van der Waals surface area contributed by atoms with Gasteiger partial charge in [0, 0.05) is 16.8 Å². The second kappa shape index (κ2) is 6.41. The van der Waals surface area contributed by atoms with Crippen LogP contribution in [0.2, 0.25) is 0 Å². The van der Waals surface area contributed by atoms with Gasteiger partial charge in [-0.25, -0.2) is 0 Å².